The summed E-state index contributed by atoms with van der Waals surface area (Å²) in [6, 6.07) is 7.52. The van der Waals surface area contributed by atoms with Gasteiger partial charge in [0, 0.05) is 13.1 Å². The molecule has 20 heavy (non-hydrogen) atoms. The van der Waals surface area contributed by atoms with Crippen molar-refractivity contribution in [1.82, 2.24) is 4.90 Å². The summed E-state index contributed by atoms with van der Waals surface area (Å²) in [6.45, 7) is 2.46. The molecular formula is C14H15N3O3. The first kappa shape index (κ1) is 12.8. The Morgan fingerprint density at radius 1 is 1.45 bits per heavy atom. The average molecular weight is 273 g/mol. The molecule has 104 valence electrons. The van der Waals surface area contributed by atoms with Crippen LogP contribution < -0.4 is 10.1 Å². The van der Waals surface area contributed by atoms with Gasteiger partial charge in [-0.05, 0) is 12.1 Å². The van der Waals surface area contributed by atoms with E-state index in [1.165, 1.54) is 0 Å². The third-order valence-corrected chi connectivity index (χ3v) is 3.41. The van der Waals surface area contributed by atoms with E-state index in [2.05, 4.69) is 5.32 Å². The molecule has 6 nitrogen and oxygen atoms in total. The lowest BCUT2D eigenvalue weighted by Crippen LogP contribution is -2.45. The molecule has 1 aromatic rings. The molecule has 1 saturated heterocycles. The van der Waals surface area contributed by atoms with Gasteiger partial charge in [0.15, 0.2) is 11.9 Å². The Kier molecular flexibility index (Phi) is 3.44. The Bertz CT molecular complexity index is 567. The molecule has 1 amide bonds. The number of hydrogen-bond donors (Lipinski definition) is 1. The number of ether oxygens (including phenoxy) is 2. The molecule has 1 N–H and O–H groups in total. The molecule has 3 rings (SSSR count). The Labute approximate surface area is 116 Å². The SMILES string of the molecule is N#CC1CN(C(=O)c2cccc3c2OCCN3)CCO1. The van der Waals surface area contributed by atoms with Gasteiger partial charge in [-0.25, -0.2) is 0 Å². The van der Waals surface area contributed by atoms with Gasteiger partial charge in [-0.2, -0.15) is 5.26 Å². The molecule has 1 unspecified atom stereocenters. The predicted molar refractivity (Wildman–Crippen MR) is 71.7 cm³/mol. The van der Waals surface area contributed by atoms with Crippen molar-refractivity contribution in [1.29, 1.82) is 5.26 Å². The number of rotatable bonds is 1. The summed E-state index contributed by atoms with van der Waals surface area (Å²) in [6.07, 6.45) is -0.550. The van der Waals surface area contributed by atoms with Gasteiger partial charge >= 0.3 is 0 Å². The van der Waals surface area contributed by atoms with E-state index >= 15 is 0 Å². The van der Waals surface area contributed by atoms with Crippen LogP contribution in [0, 0.1) is 11.3 Å². The van der Waals surface area contributed by atoms with Crippen molar-refractivity contribution in [3.05, 3.63) is 23.8 Å². The van der Waals surface area contributed by atoms with Crippen LogP contribution in [0.5, 0.6) is 5.75 Å². The number of para-hydroxylation sites is 1. The predicted octanol–water partition coefficient (Wildman–Crippen LogP) is 0.855. The molecule has 0 radical (unpaired) electrons. The van der Waals surface area contributed by atoms with E-state index in [9.17, 15) is 4.79 Å². The number of nitriles is 1. The summed E-state index contributed by atoms with van der Waals surface area (Å²) >= 11 is 0. The maximum atomic E-state index is 12.6. The van der Waals surface area contributed by atoms with E-state index < -0.39 is 6.10 Å². The number of hydrogen-bond acceptors (Lipinski definition) is 5. The van der Waals surface area contributed by atoms with Gasteiger partial charge in [-0.15, -0.1) is 0 Å². The smallest absolute Gasteiger partial charge is 0.257 e. The first-order valence-electron chi connectivity index (χ1n) is 6.60. The summed E-state index contributed by atoms with van der Waals surface area (Å²) in [5, 5.41) is 12.1. The molecule has 2 aliphatic rings. The van der Waals surface area contributed by atoms with Gasteiger partial charge in [0.2, 0.25) is 0 Å². The lowest BCUT2D eigenvalue weighted by Gasteiger charge is -2.31. The minimum atomic E-state index is -0.550. The second-order valence-electron chi connectivity index (χ2n) is 4.70. The van der Waals surface area contributed by atoms with Crippen LogP contribution in [-0.4, -0.2) is 49.8 Å². The van der Waals surface area contributed by atoms with Gasteiger partial charge in [-0.1, -0.05) is 6.07 Å². The number of fused-ring (bicyclic) bond motifs is 1. The third-order valence-electron chi connectivity index (χ3n) is 3.41. The van der Waals surface area contributed by atoms with Crippen LogP contribution in [-0.2, 0) is 4.74 Å². The number of anilines is 1. The normalized spacial score (nSPS) is 21.1. The third kappa shape index (κ3) is 2.28. The summed E-state index contributed by atoms with van der Waals surface area (Å²) in [5.41, 5.74) is 1.38. The number of carbonyl (C=O) groups is 1. The Morgan fingerprint density at radius 2 is 2.35 bits per heavy atom. The minimum Gasteiger partial charge on any atom is -0.489 e. The maximum Gasteiger partial charge on any atom is 0.257 e. The zero-order valence-electron chi connectivity index (χ0n) is 11.0. The van der Waals surface area contributed by atoms with E-state index in [4.69, 9.17) is 14.7 Å². The quantitative estimate of drug-likeness (QED) is 0.821. The van der Waals surface area contributed by atoms with Crippen LogP contribution in [0.25, 0.3) is 0 Å². The molecule has 1 atom stereocenters. The van der Waals surface area contributed by atoms with Crippen LogP contribution in [0.4, 0.5) is 5.69 Å². The van der Waals surface area contributed by atoms with Crippen molar-refractivity contribution in [2.45, 2.75) is 6.10 Å². The van der Waals surface area contributed by atoms with Crippen LogP contribution in [0.1, 0.15) is 10.4 Å². The molecule has 0 aromatic heterocycles. The molecule has 2 heterocycles. The monoisotopic (exact) mass is 273 g/mol. The molecule has 1 aromatic carbocycles. The van der Waals surface area contributed by atoms with Gasteiger partial charge in [-0.3, -0.25) is 4.79 Å². The fraction of sp³-hybridized carbons (Fsp3) is 0.429. The number of morpholine rings is 1. The van der Waals surface area contributed by atoms with E-state index in [1.807, 2.05) is 18.2 Å². The highest BCUT2D eigenvalue weighted by molar-refractivity contribution is 5.99. The van der Waals surface area contributed by atoms with Crippen LogP contribution in [0.15, 0.2) is 18.2 Å². The summed E-state index contributed by atoms with van der Waals surface area (Å²) < 4.78 is 10.9. The fourth-order valence-electron chi connectivity index (χ4n) is 2.42. The fourth-order valence-corrected chi connectivity index (χ4v) is 2.42. The van der Waals surface area contributed by atoms with E-state index in [-0.39, 0.29) is 5.91 Å². The van der Waals surface area contributed by atoms with Crippen LogP contribution in [0.2, 0.25) is 0 Å². The molecule has 6 heteroatoms. The molecule has 0 saturated carbocycles. The Morgan fingerprint density at radius 3 is 3.20 bits per heavy atom. The topological polar surface area (TPSA) is 74.6 Å². The molecule has 1 fully saturated rings. The molecule has 0 bridgehead atoms. The van der Waals surface area contributed by atoms with E-state index in [0.29, 0.717) is 37.6 Å². The highest BCUT2D eigenvalue weighted by Crippen LogP contribution is 2.32. The number of nitrogens with zero attached hydrogens (tertiary/aromatic N) is 2. The zero-order chi connectivity index (χ0) is 13.9. The van der Waals surface area contributed by atoms with Crippen molar-refractivity contribution < 1.29 is 14.3 Å². The van der Waals surface area contributed by atoms with Crippen molar-refractivity contribution in [2.24, 2.45) is 0 Å². The number of nitrogens with one attached hydrogen (secondary N) is 1. The molecule has 0 spiro atoms. The van der Waals surface area contributed by atoms with E-state index in [1.54, 1.807) is 11.0 Å². The lowest BCUT2D eigenvalue weighted by atomic mass is 10.1. The van der Waals surface area contributed by atoms with E-state index in [0.717, 1.165) is 12.2 Å². The van der Waals surface area contributed by atoms with Crippen molar-refractivity contribution in [3.8, 4) is 11.8 Å². The highest BCUT2D eigenvalue weighted by atomic mass is 16.5. The standard InChI is InChI=1S/C14H15N3O3/c15-8-10-9-17(5-7-19-10)14(18)11-2-1-3-12-13(11)20-6-4-16-12/h1-3,10,16H,4-7,9H2. The summed E-state index contributed by atoms with van der Waals surface area (Å²) in [7, 11) is 0. The van der Waals surface area contributed by atoms with Gasteiger partial charge in [0.1, 0.15) is 6.61 Å². The van der Waals surface area contributed by atoms with Crippen molar-refractivity contribution >= 4 is 11.6 Å². The van der Waals surface area contributed by atoms with Crippen molar-refractivity contribution in [3.63, 3.8) is 0 Å². The van der Waals surface area contributed by atoms with Crippen LogP contribution >= 0.6 is 0 Å². The first-order valence-corrected chi connectivity index (χ1v) is 6.60. The Balaban J connectivity index is 1.86. The summed E-state index contributed by atoms with van der Waals surface area (Å²) in [5.74, 6) is 0.484. The highest BCUT2D eigenvalue weighted by Gasteiger charge is 2.28. The van der Waals surface area contributed by atoms with Gasteiger partial charge in [0.05, 0.1) is 30.5 Å². The van der Waals surface area contributed by atoms with Gasteiger partial charge < -0.3 is 19.7 Å². The second-order valence-corrected chi connectivity index (χ2v) is 4.70. The van der Waals surface area contributed by atoms with Crippen molar-refractivity contribution in [2.75, 3.05) is 38.2 Å². The lowest BCUT2D eigenvalue weighted by molar-refractivity contribution is 0.00330. The minimum absolute atomic E-state index is 0.117. The molecule has 2 aliphatic heterocycles. The largest absolute Gasteiger partial charge is 0.489 e. The second kappa shape index (κ2) is 5.39. The van der Waals surface area contributed by atoms with Gasteiger partial charge in [0.25, 0.3) is 5.91 Å². The number of benzene rings is 1. The zero-order valence-corrected chi connectivity index (χ0v) is 11.0. The molecule has 0 aliphatic carbocycles. The number of carbonyl (C=O) groups excluding carboxylic acids is 1. The average Bonchev–Trinajstić information content (AvgIpc) is 2.53. The van der Waals surface area contributed by atoms with Crippen LogP contribution in [0.3, 0.4) is 0 Å². The number of amides is 1. The first-order chi connectivity index (χ1) is 9.79. The Hall–Kier alpha value is -2.26. The molecular weight excluding hydrogens is 258 g/mol. The summed E-state index contributed by atoms with van der Waals surface area (Å²) in [4.78, 5) is 14.2. The maximum absolute atomic E-state index is 12.6.